The third-order valence-corrected chi connectivity index (χ3v) is 6.25. The van der Waals surface area contributed by atoms with Crippen LogP contribution in [0.15, 0.2) is 139 Å². The van der Waals surface area contributed by atoms with Crippen LogP contribution in [0.4, 0.5) is 0 Å². The molecule has 0 aliphatic rings. The summed E-state index contributed by atoms with van der Waals surface area (Å²) in [5.74, 6) is 2.10. The van der Waals surface area contributed by atoms with Gasteiger partial charge in [0, 0.05) is 22.3 Å². The summed E-state index contributed by atoms with van der Waals surface area (Å²) in [6.45, 7) is 7.85. The number of benzene rings is 4. The molecule has 2 heterocycles. The highest BCUT2D eigenvalue weighted by molar-refractivity contribution is 5.94. The first-order chi connectivity index (χ1) is 19.2. The molecule has 0 atom stereocenters. The fourth-order valence-electron chi connectivity index (χ4n) is 4.32. The molecule has 0 unspecified atom stereocenters. The Balaban J connectivity index is 1.62. The van der Waals surface area contributed by atoms with E-state index in [0.717, 1.165) is 27.8 Å². The fraction of sp³-hybridized carbons (Fsp3) is 0. The van der Waals surface area contributed by atoms with E-state index >= 15 is 0 Å². The first kappa shape index (κ1) is 23.9. The Labute approximate surface area is 226 Å². The van der Waals surface area contributed by atoms with Crippen molar-refractivity contribution in [3.8, 4) is 45.3 Å². The summed E-state index contributed by atoms with van der Waals surface area (Å²) < 4.78 is 6.21. The Morgan fingerprint density at radius 1 is 0.615 bits per heavy atom. The van der Waals surface area contributed by atoms with Crippen molar-refractivity contribution < 1.29 is 4.42 Å². The maximum atomic E-state index is 6.21. The van der Waals surface area contributed by atoms with E-state index in [1.54, 1.807) is 12.2 Å². The topological polar surface area (TPSA) is 64.7 Å². The summed E-state index contributed by atoms with van der Waals surface area (Å²) in [4.78, 5) is 19.5. The standard InChI is InChI=1S/C34H24N4O/c1-3-4-14-23(2)34-35-30-28(21-27(22-29(30)39-34)24-15-8-5-9-16-24)33-37-31(25-17-10-6-11-18-25)36-32(38-33)26-19-12-7-13-20-26/h3-22H,1-2H2/b14-4-. The molecule has 0 N–H and O–H groups in total. The van der Waals surface area contributed by atoms with E-state index < -0.39 is 0 Å². The zero-order valence-electron chi connectivity index (χ0n) is 21.2. The van der Waals surface area contributed by atoms with Crippen molar-refractivity contribution >= 4 is 16.7 Å². The van der Waals surface area contributed by atoms with Crippen LogP contribution in [0.5, 0.6) is 0 Å². The van der Waals surface area contributed by atoms with Gasteiger partial charge in [-0.05, 0) is 23.3 Å². The molecule has 0 saturated carbocycles. The van der Waals surface area contributed by atoms with Gasteiger partial charge in [-0.3, -0.25) is 0 Å². The second-order valence-electron chi connectivity index (χ2n) is 8.91. The minimum Gasteiger partial charge on any atom is -0.436 e. The minimum absolute atomic E-state index is 0.426. The van der Waals surface area contributed by atoms with Crippen molar-refractivity contribution in [2.45, 2.75) is 0 Å². The number of allylic oxidation sites excluding steroid dienone is 4. The Kier molecular flexibility index (Phi) is 6.46. The average molecular weight is 505 g/mol. The van der Waals surface area contributed by atoms with Crippen molar-refractivity contribution in [3.63, 3.8) is 0 Å². The molecule has 2 aromatic heterocycles. The van der Waals surface area contributed by atoms with E-state index in [0.29, 0.717) is 40.0 Å². The lowest BCUT2D eigenvalue weighted by atomic mass is 10.0. The third kappa shape index (κ3) is 4.93. The molecule has 6 aromatic rings. The van der Waals surface area contributed by atoms with E-state index in [1.165, 1.54) is 0 Å². The average Bonchev–Trinajstić information content (AvgIpc) is 3.45. The molecule has 0 bridgehead atoms. The first-order valence-electron chi connectivity index (χ1n) is 12.6. The number of nitrogens with zero attached hydrogens (tertiary/aromatic N) is 4. The number of hydrogen-bond donors (Lipinski definition) is 0. The van der Waals surface area contributed by atoms with Crippen molar-refractivity contribution in [2.75, 3.05) is 0 Å². The second-order valence-corrected chi connectivity index (χ2v) is 8.91. The molecule has 5 heteroatoms. The predicted molar refractivity (Wildman–Crippen MR) is 158 cm³/mol. The molecule has 6 rings (SSSR count). The monoisotopic (exact) mass is 504 g/mol. The van der Waals surface area contributed by atoms with Crippen LogP contribution in [-0.4, -0.2) is 19.9 Å². The lowest BCUT2D eigenvalue weighted by molar-refractivity contribution is 0.586. The molecule has 39 heavy (non-hydrogen) atoms. The van der Waals surface area contributed by atoms with Crippen LogP contribution >= 0.6 is 0 Å². The lowest BCUT2D eigenvalue weighted by Crippen LogP contribution is -2.00. The molecule has 5 nitrogen and oxygen atoms in total. The van der Waals surface area contributed by atoms with E-state index in [4.69, 9.17) is 24.4 Å². The van der Waals surface area contributed by atoms with E-state index in [1.807, 2.05) is 91.0 Å². The minimum atomic E-state index is 0.426. The Morgan fingerprint density at radius 2 is 1.15 bits per heavy atom. The quantitative estimate of drug-likeness (QED) is 0.204. The van der Waals surface area contributed by atoms with Gasteiger partial charge in [-0.25, -0.2) is 19.9 Å². The van der Waals surface area contributed by atoms with E-state index in [9.17, 15) is 0 Å². The Morgan fingerprint density at radius 3 is 1.72 bits per heavy atom. The van der Waals surface area contributed by atoms with E-state index in [2.05, 4.69) is 31.4 Å². The highest BCUT2D eigenvalue weighted by atomic mass is 16.3. The number of rotatable bonds is 7. The fourth-order valence-corrected chi connectivity index (χ4v) is 4.32. The summed E-state index contributed by atoms with van der Waals surface area (Å²) in [5, 5.41) is 0. The predicted octanol–water partition coefficient (Wildman–Crippen LogP) is 8.44. The smallest absolute Gasteiger partial charge is 0.226 e. The normalized spacial score (nSPS) is 11.2. The molecule has 0 aliphatic heterocycles. The highest BCUT2D eigenvalue weighted by Crippen LogP contribution is 2.35. The lowest BCUT2D eigenvalue weighted by Gasteiger charge is -2.10. The van der Waals surface area contributed by atoms with Crippen LogP contribution in [0.1, 0.15) is 5.89 Å². The Bertz CT molecular complexity index is 1760. The van der Waals surface area contributed by atoms with Crippen LogP contribution in [0.25, 0.3) is 62.0 Å². The van der Waals surface area contributed by atoms with Crippen molar-refractivity contribution in [1.82, 2.24) is 19.9 Å². The van der Waals surface area contributed by atoms with E-state index in [-0.39, 0.29) is 0 Å². The zero-order valence-corrected chi connectivity index (χ0v) is 21.2. The molecule has 186 valence electrons. The van der Waals surface area contributed by atoms with Gasteiger partial charge in [0.25, 0.3) is 0 Å². The highest BCUT2D eigenvalue weighted by Gasteiger charge is 2.19. The molecule has 0 saturated heterocycles. The molecule has 4 aromatic carbocycles. The Hall–Kier alpha value is -5.42. The van der Waals surface area contributed by atoms with Gasteiger partial charge in [-0.1, -0.05) is 122 Å². The summed E-state index contributed by atoms with van der Waals surface area (Å²) in [6.07, 6.45) is 5.31. The number of hydrogen-bond acceptors (Lipinski definition) is 5. The van der Waals surface area contributed by atoms with Gasteiger partial charge in [0.1, 0.15) is 5.52 Å². The van der Waals surface area contributed by atoms with Crippen molar-refractivity contribution in [2.24, 2.45) is 0 Å². The van der Waals surface area contributed by atoms with Crippen molar-refractivity contribution in [1.29, 1.82) is 0 Å². The van der Waals surface area contributed by atoms with Crippen molar-refractivity contribution in [3.05, 3.63) is 140 Å². The second kappa shape index (κ2) is 10.5. The summed E-state index contributed by atoms with van der Waals surface area (Å²) in [5.41, 5.74) is 6.48. The molecular formula is C34H24N4O. The number of oxazole rings is 1. The largest absolute Gasteiger partial charge is 0.436 e. The van der Waals surface area contributed by atoms with Crippen LogP contribution in [0.2, 0.25) is 0 Å². The summed E-state index contributed by atoms with van der Waals surface area (Å²) in [6, 6.07) is 34.0. The molecule has 0 spiro atoms. The first-order valence-corrected chi connectivity index (χ1v) is 12.6. The zero-order chi connectivity index (χ0) is 26.6. The SMILES string of the molecule is C=C/C=C\C(=C)c1nc2c(-c3nc(-c4ccccc4)nc(-c4ccccc4)n3)cc(-c3ccccc3)cc2o1. The third-order valence-electron chi connectivity index (χ3n) is 6.25. The molecule has 0 fully saturated rings. The van der Waals surface area contributed by atoms with Gasteiger partial charge in [0.15, 0.2) is 23.1 Å². The van der Waals surface area contributed by atoms with Crippen LogP contribution in [-0.2, 0) is 0 Å². The van der Waals surface area contributed by atoms with Gasteiger partial charge in [-0.15, -0.1) is 0 Å². The van der Waals surface area contributed by atoms with Crippen LogP contribution in [0, 0.1) is 0 Å². The molecular weight excluding hydrogens is 480 g/mol. The molecule has 0 radical (unpaired) electrons. The van der Waals surface area contributed by atoms with Crippen LogP contribution in [0.3, 0.4) is 0 Å². The molecule has 0 amide bonds. The summed E-state index contributed by atoms with van der Waals surface area (Å²) in [7, 11) is 0. The maximum absolute atomic E-state index is 6.21. The van der Waals surface area contributed by atoms with Crippen LogP contribution < -0.4 is 0 Å². The van der Waals surface area contributed by atoms with Gasteiger partial charge >= 0.3 is 0 Å². The molecule has 0 aliphatic carbocycles. The van der Waals surface area contributed by atoms with Gasteiger partial charge in [-0.2, -0.15) is 0 Å². The summed E-state index contributed by atoms with van der Waals surface area (Å²) >= 11 is 0. The number of fused-ring (bicyclic) bond motifs is 1. The van der Waals surface area contributed by atoms with Gasteiger partial charge < -0.3 is 4.42 Å². The maximum Gasteiger partial charge on any atom is 0.226 e. The van der Waals surface area contributed by atoms with Gasteiger partial charge in [0.2, 0.25) is 5.89 Å². The van der Waals surface area contributed by atoms with Gasteiger partial charge in [0.05, 0.1) is 0 Å². The number of aromatic nitrogens is 4.